The van der Waals surface area contributed by atoms with Crippen molar-refractivity contribution in [3.63, 3.8) is 0 Å². The van der Waals surface area contributed by atoms with Crippen LogP contribution in [0.4, 0.5) is 0 Å². The SMILES string of the molecule is Cn1c(P(c2nc3ccccc3n2C)c2nc3ccccc3n2C)nc2ccccc21. The average Bonchev–Trinajstić information content (AvgIpc) is 3.43. The van der Waals surface area contributed by atoms with Crippen molar-refractivity contribution in [2.24, 2.45) is 21.1 Å². The molecule has 0 aliphatic rings. The minimum atomic E-state index is -1.09. The third-order valence-corrected chi connectivity index (χ3v) is 8.29. The minimum Gasteiger partial charge on any atom is -0.327 e. The van der Waals surface area contributed by atoms with Crippen molar-refractivity contribution in [3.8, 4) is 0 Å². The molecular weight excluding hydrogens is 403 g/mol. The molecule has 31 heavy (non-hydrogen) atoms. The summed E-state index contributed by atoms with van der Waals surface area (Å²) in [5.41, 5.74) is 9.29. The number of hydrogen-bond donors (Lipinski definition) is 0. The number of hydrogen-bond acceptors (Lipinski definition) is 3. The van der Waals surface area contributed by atoms with Gasteiger partial charge in [0, 0.05) is 21.1 Å². The van der Waals surface area contributed by atoms with Gasteiger partial charge in [0.2, 0.25) is 0 Å². The zero-order valence-electron chi connectivity index (χ0n) is 17.6. The Labute approximate surface area is 180 Å². The standard InChI is InChI=1S/C24H21N6P/c1-28-19-13-7-4-10-16(19)25-22(28)31(23-26-17-11-5-8-14-20(17)29(23)2)24-27-18-12-6-9-15-21(18)30(24)3/h4-15H,1-3H3. The summed E-state index contributed by atoms with van der Waals surface area (Å²) < 4.78 is 6.58. The summed E-state index contributed by atoms with van der Waals surface area (Å²) in [6.07, 6.45) is 0. The van der Waals surface area contributed by atoms with Gasteiger partial charge in [-0.25, -0.2) is 15.0 Å². The Morgan fingerprint density at radius 3 is 1.06 bits per heavy atom. The summed E-state index contributed by atoms with van der Waals surface area (Å²) in [6.45, 7) is 0. The van der Waals surface area contributed by atoms with E-state index in [4.69, 9.17) is 15.0 Å². The molecule has 3 aromatic carbocycles. The molecule has 0 amide bonds. The molecule has 0 fully saturated rings. The van der Waals surface area contributed by atoms with Crippen LogP contribution < -0.4 is 16.7 Å². The quantitative estimate of drug-likeness (QED) is 0.410. The molecule has 0 aliphatic carbocycles. The largest absolute Gasteiger partial charge is 0.327 e. The number of rotatable bonds is 3. The van der Waals surface area contributed by atoms with Crippen LogP contribution in [0, 0.1) is 0 Å². The third-order valence-electron chi connectivity index (χ3n) is 5.89. The first-order chi connectivity index (χ1) is 15.1. The van der Waals surface area contributed by atoms with Crippen LogP contribution in [0.25, 0.3) is 33.1 Å². The molecule has 6 rings (SSSR count). The molecule has 6 nitrogen and oxygen atoms in total. The molecule has 0 atom stereocenters. The van der Waals surface area contributed by atoms with E-state index in [9.17, 15) is 0 Å². The molecule has 0 N–H and O–H groups in total. The van der Waals surface area contributed by atoms with Crippen molar-refractivity contribution >= 4 is 57.7 Å². The molecule has 0 saturated carbocycles. The fourth-order valence-corrected chi connectivity index (χ4v) is 6.65. The highest BCUT2D eigenvalue weighted by Gasteiger charge is 2.31. The van der Waals surface area contributed by atoms with E-state index in [1.165, 1.54) is 0 Å². The highest BCUT2D eigenvalue weighted by Crippen LogP contribution is 2.34. The lowest BCUT2D eigenvalue weighted by molar-refractivity contribution is 0.966. The molecule has 0 radical (unpaired) electrons. The van der Waals surface area contributed by atoms with Gasteiger partial charge in [-0.3, -0.25) is 0 Å². The molecule has 152 valence electrons. The number of fused-ring (bicyclic) bond motifs is 3. The zero-order valence-corrected chi connectivity index (χ0v) is 18.5. The number of benzene rings is 3. The van der Waals surface area contributed by atoms with Crippen molar-refractivity contribution in [2.75, 3.05) is 0 Å². The Bertz CT molecular complexity index is 1400. The second kappa shape index (κ2) is 6.76. The Balaban J connectivity index is 1.70. The van der Waals surface area contributed by atoms with Gasteiger partial charge < -0.3 is 13.7 Å². The van der Waals surface area contributed by atoms with Gasteiger partial charge in [0.05, 0.1) is 33.1 Å². The van der Waals surface area contributed by atoms with Crippen LogP contribution in [0.15, 0.2) is 72.8 Å². The second-order valence-corrected chi connectivity index (χ2v) is 9.58. The van der Waals surface area contributed by atoms with E-state index in [1.807, 2.05) is 18.2 Å². The number of imidazole rings is 3. The van der Waals surface area contributed by atoms with Crippen LogP contribution >= 0.6 is 7.92 Å². The Kier molecular flexibility index (Phi) is 3.99. The predicted octanol–water partition coefficient (Wildman–Crippen LogP) is 3.10. The highest BCUT2D eigenvalue weighted by atomic mass is 31.1. The van der Waals surface area contributed by atoms with Gasteiger partial charge >= 0.3 is 0 Å². The molecule has 0 aliphatic heterocycles. The van der Waals surface area contributed by atoms with Crippen molar-refractivity contribution in [3.05, 3.63) is 72.8 Å². The summed E-state index contributed by atoms with van der Waals surface area (Å²) in [5, 5.41) is 0. The molecule has 0 bridgehead atoms. The van der Waals surface area contributed by atoms with E-state index in [0.717, 1.165) is 49.8 Å². The maximum absolute atomic E-state index is 5.07. The number of para-hydroxylation sites is 6. The smallest absolute Gasteiger partial charge is 0.147 e. The fraction of sp³-hybridized carbons (Fsp3) is 0.125. The maximum atomic E-state index is 5.07. The van der Waals surface area contributed by atoms with Crippen LogP contribution in [0.5, 0.6) is 0 Å². The fourth-order valence-electron chi connectivity index (χ4n) is 4.27. The first kappa shape index (κ1) is 18.3. The Morgan fingerprint density at radius 2 is 0.774 bits per heavy atom. The molecular formula is C24H21N6P. The lowest BCUT2D eigenvalue weighted by atomic mass is 10.3. The van der Waals surface area contributed by atoms with E-state index in [2.05, 4.69) is 89.4 Å². The first-order valence-corrected chi connectivity index (χ1v) is 11.5. The first-order valence-electron chi connectivity index (χ1n) is 10.2. The van der Waals surface area contributed by atoms with Gasteiger partial charge in [-0.1, -0.05) is 36.4 Å². The van der Waals surface area contributed by atoms with Gasteiger partial charge in [-0.05, 0) is 36.4 Å². The summed E-state index contributed by atoms with van der Waals surface area (Å²) in [6, 6.07) is 24.8. The minimum absolute atomic E-state index is 0.991. The number of nitrogens with zero attached hydrogens (tertiary/aromatic N) is 6. The molecule has 0 saturated heterocycles. The summed E-state index contributed by atoms with van der Waals surface area (Å²) >= 11 is 0. The molecule has 3 aromatic heterocycles. The molecule has 0 unspecified atom stereocenters. The Morgan fingerprint density at radius 1 is 0.484 bits per heavy atom. The lowest BCUT2D eigenvalue weighted by Gasteiger charge is -2.17. The Hall–Kier alpha value is -3.50. The van der Waals surface area contributed by atoms with Crippen molar-refractivity contribution < 1.29 is 0 Å². The third kappa shape index (κ3) is 2.65. The van der Waals surface area contributed by atoms with E-state index in [-0.39, 0.29) is 0 Å². The monoisotopic (exact) mass is 424 g/mol. The van der Waals surface area contributed by atoms with Crippen LogP contribution in [0.3, 0.4) is 0 Å². The maximum Gasteiger partial charge on any atom is 0.147 e. The zero-order chi connectivity index (χ0) is 21.1. The van der Waals surface area contributed by atoms with Gasteiger partial charge in [-0.2, -0.15) is 0 Å². The molecule has 7 heteroatoms. The predicted molar refractivity (Wildman–Crippen MR) is 128 cm³/mol. The second-order valence-electron chi connectivity index (χ2n) is 7.71. The normalized spacial score (nSPS) is 12.0. The summed E-state index contributed by atoms with van der Waals surface area (Å²) in [7, 11) is 5.17. The van der Waals surface area contributed by atoms with E-state index in [1.54, 1.807) is 0 Å². The van der Waals surface area contributed by atoms with Gasteiger partial charge in [0.1, 0.15) is 24.6 Å². The van der Waals surface area contributed by atoms with Gasteiger partial charge in [0.25, 0.3) is 0 Å². The van der Waals surface area contributed by atoms with Crippen LogP contribution in [-0.4, -0.2) is 28.7 Å². The van der Waals surface area contributed by atoms with Crippen LogP contribution in [-0.2, 0) is 21.1 Å². The molecule has 0 spiro atoms. The van der Waals surface area contributed by atoms with E-state index < -0.39 is 7.92 Å². The van der Waals surface area contributed by atoms with Crippen molar-refractivity contribution in [2.45, 2.75) is 0 Å². The number of aromatic nitrogens is 6. The molecule has 3 heterocycles. The lowest BCUT2D eigenvalue weighted by Crippen LogP contribution is -2.34. The van der Waals surface area contributed by atoms with Gasteiger partial charge in [-0.15, -0.1) is 0 Å². The molecule has 6 aromatic rings. The van der Waals surface area contributed by atoms with E-state index >= 15 is 0 Å². The summed E-state index contributed by atoms with van der Waals surface area (Å²) in [4.78, 5) is 15.2. The van der Waals surface area contributed by atoms with Crippen LogP contribution in [0.1, 0.15) is 0 Å². The topological polar surface area (TPSA) is 53.5 Å². The van der Waals surface area contributed by atoms with Crippen molar-refractivity contribution in [1.82, 2.24) is 28.7 Å². The van der Waals surface area contributed by atoms with Crippen LogP contribution in [0.2, 0.25) is 0 Å². The average molecular weight is 424 g/mol. The van der Waals surface area contributed by atoms with E-state index in [0.29, 0.717) is 0 Å². The summed E-state index contributed by atoms with van der Waals surface area (Å²) in [5.74, 6) is 0. The number of aryl methyl sites for hydroxylation is 3. The highest BCUT2D eigenvalue weighted by molar-refractivity contribution is 7.78. The van der Waals surface area contributed by atoms with Gasteiger partial charge in [0.15, 0.2) is 0 Å². The van der Waals surface area contributed by atoms with Crippen molar-refractivity contribution in [1.29, 1.82) is 0 Å².